The van der Waals surface area contributed by atoms with Crippen molar-refractivity contribution in [3.8, 4) is 0 Å². The Morgan fingerprint density at radius 2 is 2.25 bits per heavy atom. The number of hydrogen-bond acceptors (Lipinski definition) is 5. The number of aromatic nitrogens is 4. The van der Waals surface area contributed by atoms with Crippen LogP contribution < -0.4 is 5.73 Å². The molecule has 6 heteroatoms. The minimum Gasteiger partial charge on any atom is -0.337 e. The van der Waals surface area contributed by atoms with E-state index in [0.717, 1.165) is 22.4 Å². The molecule has 0 radical (unpaired) electrons. The van der Waals surface area contributed by atoms with Gasteiger partial charge in [0.05, 0.1) is 0 Å². The molecule has 6 nitrogen and oxygen atoms in total. The van der Waals surface area contributed by atoms with Crippen LogP contribution in [0.25, 0.3) is 11.0 Å². The van der Waals surface area contributed by atoms with Crippen molar-refractivity contribution in [2.45, 2.75) is 32.9 Å². The van der Waals surface area contributed by atoms with Gasteiger partial charge in [0.15, 0.2) is 5.82 Å². The lowest BCUT2D eigenvalue weighted by Crippen LogP contribution is -2.00. The summed E-state index contributed by atoms with van der Waals surface area (Å²) in [7, 11) is 0. The second-order valence-electron chi connectivity index (χ2n) is 5.06. The van der Waals surface area contributed by atoms with Gasteiger partial charge in [0, 0.05) is 30.2 Å². The van der Waals surface area contributed by atoms with Gasteiger partial charge in [-0.15, -0.1) is 0 Å². The third kappa shape index (κ3) is 2.18. The van der Waals surface area contributed by atoms with Gasteiger partial charge in [-0.25, -0.2) is 4.98 Å². The molecular weight excluding hydrogens is 254 g/mol. The van der Waals surface area contributed by atoms with Crippen LogP contribution in [-0.2, 0) is 13.1 Å². The van der Waals surface area contributed by atoms with Crippen molar-refractivity contribution < 1.29 is 4.52 Å². The van der Waals surface area contributed by atoms with Gasteiger partial charge in [-0.2, -0.15) is 4.98 Å². The van der Waals surface area contributed by atoms with Crippen LogP contribution in [0, 0.1) is 0 Å². The molecule has 20 heavy (non-hydrogen) atoms. The summed E-state index contributed by atoms with van der Waals surface area (Å²) in [5, 5.41) is 5.04. The smallest absolute Gasteiger partial charge is 0.246 e. The van der Waals surface area contributed by atoms with Crippen LogP contribution in [0.3, 0.4) is 0 Å². The zero-order chi connectivity index (χ0) is 14.1. The highest BCUT2D eigenvalue weighted by Gasteiger charge is 2.13. The molecular formula is C14H17N5O. The van der Waals surface area contributed by atoms with E-state index < -0.39 is 0 Å². The molecule has 0 fully saturated rings. The molecule has 0 aromatic carbocycles. The first-order chi connectivity index (χ1) is 9.69. The molecule has 0 unspecified atom stereocenters. The van der Waals surface area contributed by atoms with E-state index in [9.17, 15) is 0 Å². The van der Waals surface area contributed by atoms with Gasteiger partial charge in [0.25, 0.3) is 0 Å². The molecule has 3 aromatic rings. The summed E-state index contributed by atoms with van der Waals surface area (Å²) in [6, 6.07) is 3.93. The van der Waals surface area contributed by atoms with Crippen LogP contribution in [-0.4, -0.2) is 19.7 Å². The van der Waals surface area contributed by atoms with Gasteiger partial charge < -0.3 is 14.8 Å². The van der Waals surface area contributed by atoms with E-state index >= 15 is 0 Å². The zero-order valence-electron chi connectivity index (χ0n) is 11.6. The van der Waals surface area contributed by atoms with Gasteiger partial charge in [0.1, 0.15) is 12.2 Å². The Morgan fingerprint density at radius 1 is 1.40 bits per heavy atom. The van der Waals surface area contributed by atoms with E-state index in [4.69, 9.17) is 10.3 Å². The van der Waals surface area contributed by atoms with Gasteiger partial charge in [-0.1, -0.05) is 19.0 Å². The molecule has 3 heterocycles. The first-order valence-electron chi connectivity index (χ1n) is 6.64. The Kier molecular flexibility index (Phi) is 3.23. The van der Waals surface area contributed by atoms with E-state index in [-0.39, 0.29) is 5.92 Å². The van der Waals surface area contributed by atoms with Crippen LogP contribution in [0.1, 0.15) is 37.0 Å². The largest absolute Gasteiger partial charge is 0.337 e. The van der Waals surface area contributed by atoms with Crippen LogP contribution in [0.4, 0.5) is 0 Å². The van der Waals surface area contributed by atoms with Crippen molar-refractivity contribution in [2.24, 2.45) is 5.73 Å². The number of nitrogens with two attached hydrogens (primary N) is 1. The van der Waals surface area contributed by atoms with E-state index in [1.165, 1.54) is 0 Å². The number of fused-ring (bicyclic) bond motifs is 1. The molecule has 104 valence electrons. The van der Waals surface area contributed by atoms with E-state index in [1.807, 2.05) is 36.7 Å². The fourth-order valence-electron chi connectivity index (χ4n) is 2.19. The first-order valence-corrected chi connectivity index (χ1v) is 6.64. The van der Waals surface area contributed by atoms with Gasteiger partial charge in [-0.3, -0.25) is 0 Å². The maximum absolute atomic E-state index is 5.77. The monoisotopic (exact) mass is 271 g/mol. The summed E-state index contributed by atoms with van der Waals surface area (Å²) >= 11 is 0. The van der Waals surface area contributed by atoms with E-state index in [0.29, 0.717) is 19.0 Å². The van der Waals surface area contributed by atoms with Crippen LogP contribution in [0.15, 0.2) is 29.0 Å². The Hall–Kier alpha value is -2.21. The van der Waals surface area contributed by atoms with Crippen LogP contribution in [0.2, 0.25) is 0 Å². The lowest BCUT2D eigenvalue weighted by atomic mass is 10.2. The SMILES string of the molecule is CC(C)c1noc(Cn2cc(CN)c3cccnc32)n1. The minimum atomic E-state index is 0.256. The van der Waals surface area contributed by atoms with E-state index in [2.05, 4.69) is 15.1 Å². The third-order valence-corrected chi connectivity index (χ3v) is 3.24. The fraction of sp³-hybridized carbons (Fsp3) is 0.357. The van der Waals surface area contributed by atoms with Crippen molar-refractivity contribution in [1.82, 2.24) is 19.7 Å². The Bertz CT molecular complexity index is 728. The predicted octanol–water partition coefficient (Wildman–Crippen LogP) is 2.05. The summed E-state index contributed by atoms with van der Waals surface area (Å²) in [5.74, 6) is 1.56. The van der Waals surface area contributed by atoms with E-state index in [1.54, 1.807) is 6.20 Å². The van der Waals surface area contributed by atoms with Crippen LogP contribution in [0.5, 0.6) is 0 Å². The standard InChI is InChI=1S/C14H17N5O/c1-9(2)13-17-12(20-18-13)8-19-7-10(6-15)11-4-3-5-16-14(11)19/h3-5,7,9H,6,8,15H2,1-2H3. The molecule has 0 aliphatic carbocycles. The lowest BCUT2D eigenvalue weighted by molar-refractivity contribution is 0.365. The fourth-order valence-corrected chi connectivity index (χ4v) is 2.19. The molecule has 3 aromatic heterocycles. The summed E-state index contributed by atoms with van der Waals surface area (Å²) in [4.78, 5) is 8.79. The molecule has 0 bridgehead atoms. The second kappa shape index (κ2) is 5.05. The highest BCUT2D eigenvalue weighted by atomic mass is 16.5. The number of pyridine rings is 1. The highest BCUT2D eigenvalue weighted by Crippen LogP contribution is 2.20. The first kappa shape index (κ1) is 12.8. The number of rotatable bonds is 4. The zero-order valence-corrected chi connectivity index (χ0v) is 11.6. The quantitative estimate of drug-likeness (QED) is 0.785. The normalized spacial score (nSPS) is 11.6. The molecule has 0 saturated carbocycles. The maximum atomic E-state index is 5.77. The molecule has 0 saturated heterocycles. The topological polar surface area (TPSA) is 82.8 Å². The lowest BCUT2D eigenvalue weighted by Gasteiger charge is -1.99. The van der Waals surface area contributed by atoms with Crippen molar-refractivity contribution in [3.63, 3.8) is 0 Å². The molecule has 0 amide bonds. The highest BCUT2D eigenvalue weighted by molar-refractivity contribution is 5.80. The Labute approximate surface area is 116 Å². The van der Waals surface area contributed by atoms with Gasteiger partial charge in [-0.05, 0) is 17.7 Å². The summed E-state index contributed by atoms with van der Waals surface area (Å²) < 4.78 is 7.28. The molecule has 0 atom stereocenters. The molecule has 2 N–H and O–H groups in total. The second-order valence-corrected chi connectivity index (χ2v) is 5.06. The molecule has 3 rings (SSSR count). The van der Waals surface area contributed by atoms with Crippen molar-refractivity contribution in [2.75, 3.05) is 0 Å². The van der Waals surface area contributed by atoms with Crippen molar-refractivity contribution in [3.05, 3.63) is 41.8 Å². The summed E-state index contributed by atoms with van der Waals surface area (Å²) in [6.45, 7) is 5.06. The third-order valence-electron chi connectivity index (χ3n) is 3.24. The molecule has 0 aliphatic rings. The summed E-state index contributed by atoms with van der Waals surface area (Å²) in [6.07, 6.45) is 3.77. The van der Waals surface area contributed by atoms with Crippen molar-refractivity contribution >= 4 is 11.0 Å². The predicted molar refractivity (Wildman–Crippen MR) is 75.1 cm³/mol. The number of hydrogen-bond donors (Lipinski definition) is 1. The Balaban J connectivity index is 1.97. The van der Waals surface area contributed by atoms with Crippen molar-refractivity contribution in [1.29, 1.82) is 0 Å². The maximum Gasteiger partial charge on any atom is 0.246 e. The average molecular weight is 271 g/mol. The van der Waals surface area contributed by atoms with Gasteiger partial charge in [0.2, 0.25) is 5.89 Å². The molecule has 0 aliphatic heterocycles. The molecule has 0 spiro atoms. The summed E-state index contributed by atoms with van der Waals surface area (Å²) in [5.41, 5.74) is 7.73. The van der Waals surface area contributed by atoms with Gasteiger partial charge >= 0.3 is 0 Å². The minimum absolute atomic E-state index is 0.256. The number of nitrogens with zero attached hydrogens (tertiary/aromatic N) is 4. The average Bonchev–Trinajstić information content (AvgIpc) is 3.05. The van der Waals surface area contributed by atoms with Crippen LogP contribution >= 0.6 is 0 Å². The Morgan fingerprint density at radius 3 is 2.95 bits per heavy atom.